The number of ether oxygens (including phenoxy) is 2. The fourth-order valence-electron chi connectivity index (χ4n) is 1.49. The van der Waals surface area contributed by atoms with Gasteiger partial charge in [0.05, 0.1) is 18.1 Å². The summed E-state index contributed by atoms with van der Waals surface area (Å²) < 4.78 is 33.4. The van der Waals surface area contributed by atoms with Gasteiger partial charge in [-0.2, -0.15) is 0 Å². The predicted octanol–water partition coefficient (Wildman–Crippen LogP) is 3.28. The third kappa shape index (κ3) is 5.61. The van der Waals surface area contributed by atoms with E-state index in [0.29, 0.717) is 24.7 Å². The molecule has 5 heteroatoms. The minimum absolute atomic E-state index is 0.158. The third-order valence-electron chi connectivity index (χ3n) is 2.62. The van der Waals surface area contributed by atoms with Crippen LogP contribution in [0.25, 0.3) is 0 Å². The van der Waals surface area contributed by atoms with Crippen LogP contribution in [-0.4, -0.2) is 22.0 Å². The molecular weight excluding hydrogens is 264 g/mol. The maximum absolute atomic E-state index is 11.2. The van der Waals surface area contributed by atoms with Gasteiger partial charge in [0.2, 0.25) is 0 Å². The van der Waals surface area contributed by atoms with Gasteiger partial charge < -0.3 is 14.0 Å². The smallest absolute Gasteiger partial charge is 0.134 e. The highest BCUT2D eigenvalue weighted by molar-refractivity contribution is 7.79. The molecule has 0 aliphatic carbocycles. The first-order valence-corrected chi connectivity index (χ1v) is 7.75. The predicted molar refractivity (Wildman–Crippen MR) is 74.4 cm³/mol. The molecule has 1 unspecified atom stereocenters. The lowest BCUT2D eigenvalue weighted by atomic mass is 10.3. The molecule has 1 aromatic carbocycles. The minimum Gasteiger partial charge on any atom is -0.768 e. The standard InChI is InChI=1S/C14H22O4S/c1-3-5-9-17-12-7-8-13(18-10-6-4-2)14(11-12)19(15)16/h7-8,11H,3-6,9-10H2,1-2H3,(H,15,16)/p-1. The largest absolute Gasteiger partial charge is 0.768 e. The van der Waals surface area contributed by atoms with Crippen molar-refractivity contribution in [1.29, 1.82) is 0 Å². The zero-order chi connectivity index (χ0) is 14.1. The number of hydrogen-bond acceptors (Lipinski definition) is 4. The molecule has 1 rings (SSSR count). The van der Waals surface area contributed by atoms with Crippen LogP contribution in [0.5, 0.6) is 11.5 Å². The van der Waals surface area contributed by atoms with E-state index in [1.807, 2.05) is 0 Å². The van der Waals surface area contributed by atoms with Gasteiger partial charge in [0.25, 0.3) is 0 Å². The summed E-state index contributed by atoms with van der Waals surface area (Å²) in [5, 5.41) is 0. The van der Waals surface area contributed by atoms with Gasteiger partial charge in [0.15, 0.2) is 0 Å². The van der Waals surface area contributed by atoms with Crippen molar-refractivity contribution in [1.82, 2.24) is 0 Å². The van der Waals surface area contributed by atoms with Crippen LogP contribution < -0.4 is 9.47 Å². The first-order valence-electron chi connectivity index (χ1n) is 6.68. The second kappa shape index (κ2) is 8.93. The van der Waals surface area contributed by atoms with Crippen LogP contribution in [0.15, 0.2) is 23.1 Å². The summed E-state index contributed by atoms with van der Waals surface area (Å²) in [5.74, 6) is 0.958. The van der Waals surface area contributed by atoms with E-state index in [1.54, 1.807) is 12.1 Å². The Morgan fingerprint density at radius 2 is 1.74 bits per heavy atom. The van der Waals surface area contributed by atoms with Crippen molar-refractivity contribution in [3.8, 4) is 11.5 Å². The summed E-state index contributed by atoms with van der Waals surface area (Å²) in [6.07, 6.45) is 3.90. The molecule has 0 heterocycles. The summed E-state index contributed by atoms with van der Waals surface area (Å²) in [5.41, 5.74) is 0. The molecule has 0 aliphatic rings. The van der Waals surface area contributed by atoms with Gasteiger partial charge in [-0.15, -0.1) is 0 Å². The van der Waals surface area contributed by atoms with Crippen LogP contribution in [0, 0.1) is 0 Å². The van der Waals surface area contributed by atoms with Crippen LogP contribution in [0.2, 0.25) is 0 Å². The van der Waals surface area contributed by atoms with Gasteiger partial charge in [0, 0.05) is 0 Å². The van der Waals surface area contributed by atoms with Crippen LogP contribution in [0.1, 0.15) is 39.5 Å². The van der Waals surface area contributed by atoms with E-state index < -0.39 is 11.1 Å². The Hall–Kier alpha value is -1.07. The average molecular weight is 285 g/mol. The average Bonchev–Trinajstić information content (AvgIpc) is 2.40. The monoisotopic (exact) mass is 285 g/mol. The van der Waals surface area contributed by atoms with Crippen molar-refractivity contribution < 1.29 is 18.2 Å². The van der Waals surface area contributed by atoms with Crippen molar-refractivity contribution >= 4 is 11.1 Å². The fourth-order valence-corrected chi connectivity index (χ4v) is 1.99. The van der Waals surface area contributed by atoms with Crippen LogP contribution in [0.4, 0.5) is 0 Å². The Balaban J connectivity index is 2.73. The van der Waals surface area contributed by atoms with E-state index in [2.05, 4.69) is 13.8 Å². The van der Waals surface area contributed by atoms with Gasteiger partial charge in [-0.05, 0) is 42.1 Å². The zero-order valence-electron chi connectivity index (χ0n) is 11.5. The second-order valence-electron chi connectivity index (χ2n) is 4.25. The number of unbranched alkanes of at least 4 members (excludes halogenated alkanes) is 2. The SMILES string of the molecule is CCCCOc1ccc(OCCCC)c(S(=O)[O-])c1. The highest BCUT2D eigenvalue weighted by Gasteiger charge is 2.07. The molecule has 0 radical (unpaired) electrons. The van der Waals surface area contributed by atoms with E-state index in [9.17, 15) is 8.76 Å². The molecule has 0 aromatic heterocycles. The van der Waals surface area contributed by atoms with Crippen molar-refractivity contribution in [2.75, 3.05) is 13.2 Å². The molecule has 0 aliphatic heterocycles. The Labute approximate surface area is 117 Å². The molecular formula is C14H21O4S-. The number of benzene rings is 1. The van der Waals surface area contributed by atoms with Crippen LogP contribution in [-0.2, 0) is 11.1 Å². The van der Waals surface area contributed by atoms with E-state index in [1.165, 1.54) is 6.07 Å². The van der Waals surface area contributed by atoms with Gasteiger partial charge >= 0.3 is 0 Å². The van der Waals surface area contributed by atoms with E-state index >= 15 is 0 Å². The normalized spacial score (nSPS) is 12.2. The van der Waals surface area contributed by atoms with Crippen LogP contribution in [0.3, 0.4) is 0 Å². The Bertz CT molecular complexity index is 406. The van der Waals surface area contributed by atoms with Crippen molar-refractivity contribution in [3.63, 3.8) is 0 Å². The van der Waals surface area contributed by atoms with Crippen molar-refractivity contribution in [3.05, 3.63) is 18.2 Å². The van der Waals surface area contributed by atoms with E-state index in [4.69, 9.17) is 9.47 Å². The second-order valence-corrected chi connectivity index (χ2v) is 5.16. The van der Waals surface area contributed by atoms with Crippen molar-refractivity contribution in [2.24, 2.45) is 0 Å². The summed E-state index contributed by atoms with van der Waals surface area (Å²) >= 11 is -2.32. The lowest BCUT2D eigenvalue weighted by Crippen LogP contribution is -2.03. The fraction of sp³-hybridized carbons (Fsp3) is 0.571. The highest BCUT2D eigenvalue weighted by Crippen LogP contribution is 2.27. The zero-order valence-corrected chi connectivity index (χ0v) is 12.3. The molecule has 4 nitrogen and oxygen atoms in total. The number of hydrogen-bond donors (Lipinski definition) is 0. The molecule has 0 amide bonds. The summed E-state index contributed by atoms with van der Waals surface area (Å²) in [7, 11) is 0. The van der Waals surface area contributed by atoms with E-state index in [-0.39, 0.29) is 4.90 Å². The molecule has 0 bridgehead atoms. The quantitative estimate of drug-likeness (QED) is 0.516. The molecule has 0 fully saturated rings. The molecule has 108 valence electrons. The Morgan fingerprint density at radius 3 is 2.32 bits per heavy atom. The Morgan fingerprint density at radius 1 is 1.11 bits per heavy atom. The molecule has 0 saturated heterocycles. The third-order valence-corrected chi connectivity index (χ3v) is 3.29. The van der Waals surface area contributed by atoms with Gasteiger partial charge in [0.1, 0.15) is 11.5 Å². The maximum atomic E-state index is 11.2. The molecule has 0 N–H and O–H groups in total. The lowest BCUT2D eigenvalue weighted by molar-refractivity contribution is 0.293. The van der Waals surface area contributed by atoms with Gasteiger partial charge in [-0.1, -0.05) is 26.7 Å². The summed E-state index contributed by atoms with van der Waals surface area (Å²) in [6, 6.07) is 4.91. The van der Waals surface area contributed by atoms with Gasteiger partial charge in [-0.3, -0.25) is 4.21 Å². The highest BCUT2D eigenvalue weighted by atomic mass is 32.2. The maximum Gasteiger partial charge on any atom is 0.134 e. The molecule has 1 atom stereocenters. The lowest BCUT2D eigenvalue weighted by Gasteiger charge is -2.15. The van der Waals surface area contributed by atoms with E-state index in [0.717, 1.165) is 25.7 Å². The Kier molecular flexibility index (Phi) is 7.52. The molecule has 19 heavy (non-hydrogen) atoms. The van der Waals surface area contributed by atoms with Gasteiger partial charge in [-0.25, -0.2) is 0 Å². The summed E-state index contributed by atoms with van der Waals surface area (Å²) in [6.45, 7) is 5.25. The van der Waals surface area contributed by atoms with Crippen molar-refractivity contribution in [2.45, 2.75) is 44.4 Å². The first-order chi connectivity index (χ1) is 9.19. The van der Waals surface area contributed by atoms with Crippen LogP contribution >= 0.6 is 0 Å². The minimum atomic E-state index is -2.32. The molecule has 0 saturated carbocycles. The topological polar surface area (TPSA) is 58.6 Å². The molecule has 0 spiro atoms. The summed E-state index contributed by atoms with van der Waals surface area (Å²) in [4.78, 5) is 0.158. The number of rotatable bonds is 9. The molecule has 1 aromatic rings. The first kappa shape index (κ1) is 16.0.